The number of amides is 1. The Bertz CT molecular complexity index is 725. The molecule has 0 aliphatic heterocycles. The van der Waals surface area contributed by atoms with E-state index in [-0.39, 0.29) is 6.54 Å². The van der Waals surface area contributed by atoms with Crippen LogP contribution in [0.25, 0.3) is 0 Å². The van der Waals surface area contributed by atoms with Gasteiger partial charge in [-0.1, -0.05) is 12.1 Å². The van der Waals surface area contributed by atoms with Crippen LogP contribution in [-0.2, 0) is 21.2 Å². The van der Waals surface area contributed by atoms with Crippen molar-refractivity contribution >= 4 is 15.7 Å². The highest BCUT2D eigenvalue weighted by molar-refractivity contribution is 7.92. The van der Waals surface area contributed by atoms with Crippen LogP contribution in [0.4, 0.5) is 4.39 Å². The van der Waals surface area contributed by atoms with Gasteiger partial charge >= 0.3 is 0 Å². The monoisotopic (exact) mass is 311 g/mol. The Balaban J connectivity index is 2.13. The molecule has 112 valence electrons. The van der Waals surface area contributed by atoms with Crippen molar-refractivity contribution in [1.29, 1.82) is 0 Å². The molecule has 0 saturated carbocycles. The summed E-state index contributed by atoms with van der Waals surface area (Å²) in [6.45, 7) is 1.29. The predicted octanol–water partition coefficient (Wildman–Crippen LogP) is 1.90. The van der Waals surface area contributed by atoms with E-state index in [1.807, 2.05) is 0 Å². The number of halogens is 1. The maximum atomic E-state index is 13.6. The number of hydrogen-bond acceptors (Lipinski definition) is 4. The second-order valence-electron chi connectivity index (χ2n) is 4.41. The van der Waals surface area contributed by atoms with Crippen LogP contribution < -0.4 is 5.32 Å². The molecule has 1 aromatic carbocycles. The number of furan rings is 1. The van der Waals surface area contributed by atoms with Crippen molar-refractivity contribution in [3.63, 3.8) is 0 Å². The first-order chi connectivity index (χ1) is 9.93. The molecule has 1 unspecified atom stereocenters. The fourth-order valence-corrected chi connectivity index (χ4v) is 3.09. The minimum absolute atomic E-state index is 0.0724. The first-order valence-electron chi connectivity index (χ1n) is 6.21. The average molecular weight is 311 g/mol. The first kappa shape index (κ1) is 15.2. The lowest BCUT2D eigenvalue weighted by Gasteiger charge is -2.13. The van der Waals surface area contributed by atoms with E-state index in [1.165, 1.54) is 25.3 Å². The molecule has 5 nitrogen and oxygen atoms in total. The molecule has 2 aromatic rings. The Morgan fingerprint density at radius 1 is 1.29 bits per heavy atom. The maximum Gasteiger partial charge on any atom is 0.238 e. The summed E-state index contributed by atoms with van der Waals surface area (Å²) < 4.78 is 43.1. The third-order valence-corrected chi connectivity index (χ3v) is 5.08. The lowest BCUT2D eigenvalue weighted by molar-refractivity contribution is -0.120. The molecule has 0 spiro atoms. The zero-order chi connectivity index (χ0) is 15.5. The van der Waals surface area contributed by atoms with E-state index in [2.05, 4.69) is 5.32 Å². The second kappa shape index (κ2) is 6.09. The Kier molecular flexibility index (Phi) is 4.42. The molecule has 0 radical (unpaired) electrons. The minimum atomic E-state index is -4.08. The summed E-state index contributed by atoms with van der Waals surface area (Å²) in [6, 6.07) is 8.28. The van der Waals surface area contributed by atoms with Gasteiger partial charge in [0.2, 0.25) is 5.91 Å². The fourth-order valence-electron chi connectivity index (χ4n) is 1.74. The molecule has 1 amide bonds. The smallest absolute Gasteiger partial charge is 0.238 e. The van der Waals surface area contributed by atoms with Crippen LogP contribution >= 0.6 is 0 Å². The van der Waals surface area contributed by atoms with Gasteiger partial charge in [0.05, 0.1) is 12.8 Å². The van der Waals surface area contributed by atoms with Crippen molar-refractivity contribution < 1.29 is 22.0 Å². The van der Waals surface area contributed by atoms with Gasteiger partial charge in [0, 0.05) is 0 Å². The van der Waals surface area contributed by atoms with Gasteiger partial charge in [0.1, 0.15) is 21.7 Å². The number of benzene rings is 1. The summed E-state index contributed by atoms with van der Waals surface area (Å²) in [4.78, 5) is 11.4. The van der Waals surface area contributed by atoms with Crippen LogP contribution in [0.1, 0.15) is 12.7 Å². The third kappa shape index (κ3) is 3.30. The quantitative estimate of drug-likeness (QED) is 0.915. The van der Waals surface area contributed by atoms with Gasteiger partial charge in [-0.25, -0.2) is 12.8 Å². The van der Waals surface area contributed by atoms with Crippen molar-refractivity contribution in [3.05, 3.63) is 54.2 Å². The first-order valence-corrected chi connectivity index (χ1v) is 7.76. The topological polar surface area (TPSA) is 76.4 Å². The largest absolute Gasteiger partial charge is 0.467 e. The summed E-state index contributed by atoms with van der Waals surface area (Å²) in [5, 5.41) is 1.05. The second-order valence-corrected chi connectivity index (χ2v) is 6.65. The normalized spacial score (nSPS) is 12.9. The molecule has 0 aliphatic rings. The van der Waals surface area contributed by atoms with Gasteiger partial charge in [0.25, 0.3) is 0 Å². The van der Waals surface area contributed by atoms with Crippen LogP contribution in [0.5, 0.6) is 0 Å². The molecule has 0 saturated heterocycles. The van der Waals surface area contributed by atoms with Crippen LogP contribution in [0.15, 0.2) is 52.0 Å². The third-order valence-electron chi connectivity index (χ3n) is 2.99. The Labute approximate surface area is 121 Å². The molecule has 7 heteroatoms. The van der Waals surface area contributed by atoms with Gasteiger partial charge in [-0.3, -0.25) is 4.79 Å². The number of sulfone groups is 1. The maximum absolute atomic E-state index is 13.6. The SMILES string of the molecule is CC(C(=O)NCc1ccco1)S(=O)(=O)c1ccccc1F. The highest BCUT2D eigenvalue weighted by atomic mass is 32.2. The van der Waals surface area contributed by atoms with Crippen molar-refractivity contribution in [1.82, 2.24) is 5.32 Å². The summed E-state index contributed by atoms with van der Waals surface area (Å²) in [7, 11) is -4.08. The molecule has 1 heterocycles. The summed E-state index contributed by atoms with van der Waals surface area (Å²) in [6.07, 6.45) is 1.45. The van der Waals surface area contributed by atoms with Gasteiger partial charge in [0.15, 0.2) is 9.84 Å². The van der Waals surface area contributed by atoms with Gasteiger partial charge in [-0.15, -0.1) is 0 Å². The molecular weight excluding hydrogens is 297 g/mol. The summed E-state index contributed by atoms with van der Waals surface area (Å²) in [5.41, 5.74) is 0. The standard InChI is InChI=1S/C14H14FNO4S/c1-10(14(17)16-9-11-5-4-8-20-11)21(18,19)13-7-3-2-6-12(13)15/h2-8,10H,9H2,1H3,(H,16,17). The predicted molar refractivity (Wildman–Crippen MR) is 73.6 cm³/mol. The molecule has 0 bridgehead atoms. The zero-order valence-corrected chi connectivity index (χ0v) is 12.1. The lowest BCUT2D eigenvalue weighted by atomic mass is 10.3. The van der Waals surface area contributed by atoms with Crippen molar-refractivity contribution in [2.45, 2.75) is 23.6 Å². The van der Waals surface area contributed by atoms with E-state index in [9.17, 15) is 17.6 Å². The van der Waals surface area contributed by atoms with Crippen LogP contribution in [0, 0.1) is 5.82 Å². The fraction of sp³-hybridized carbons (Fsp3) is 0.214. The van der Waals surface area contributed by atoms with Crippen LogP contribution in [0.3, 0.4) is 0 Å². The van der Waals surface area contributed by atoms with Crippen LogP contribution in [0.2, 0.25) is 0 Å². The van der Waals surface area contributed by atoms with Crippen molar-refractivity contribution in [2.75, 3.05) is 0 Å². The highest BCUT2D eigenvalue weighted by Gasteiger charge is 2.31. The number of hydrogen-bond donors (Lipinski definition) is 1. The van der Waals surface area contributed by atoms with Gasteiger partial charge in [-0.05, 0) is 31.2 Å². The molecule has 0 fully saturated rings. The van der Waals surface area contributed by atoms with E-state index >= 15 is 0 Å². The number of carbonyl (C=O) groups is 1. The number of rotatable bonds is 5. The van der Waals surface area contributed by atoms with E-state index in [4.69, 9.17) is 4.42 Å². The highest BCUT2D eigenvalue weighted by Crippen LogP contribution is 2.19. The number of nitrogens with one attached hydrogen (secondary N) is 1. The van der Waals surface area contributed by atoms with Crippen LogP contribution in [-0.4, -0.2) is 19.6 Å². The van der Waals surface area contributed by atoms with E-state index < -0.39 is 31.7 Å². The average Bonchev–Trinajstić information content (AvgIpc) is 2.97. The van der Waals surface area contributed by atoms with E-state index in [0.29, 0.717) is 5.76 Å². The molecule has 1 aromatic heterocycles. The van der Waals surface area contributed by atoms with E-state index in [0.717, 1.165) is 12.1 Å². The Morgan fingerprint density at radius 3 is 2.62 bits per heavy atom. The molecule has 21 heavy (non-hydrogen) atoms. The molecule has 1 atom stereocenters. The van der Waals surface area contributed by atoms with Crippen molar-refractivity contribution in [3.8, 4) is 0 Å². The van der Waals surface area contributed by atoms with Crippen molar-refractivity contribution in [2.24, 2.45) is 0 Å². The molecular formula is C14H14FNO4S. The number of carbonyl (C=O) groups excluding carboxylic acids is 1. The molecule has 0 aliphatic carbocycles. The zero-order valence-electron chi connectivity index (χ0n) is 11.2. The Morgan fingerprint density at radius 2 is 2.00 bits per heavy atom. The Hall–Kier alpha value is -2.15. The molecule has 2 rings (SSSR count). The minimum Gasteiger partial charge on any atom is -0.467 e. The van der Waals surface area contributed by atoms with Gasteiger partial charge < -0.3 is 9.73 Å². The molecule has 1 N–H and O–H groups in total. The van der Waals surface area contributed by atoms with Gasteiger partial charge in [-0.2, -0.15) is 0 Å². The summed E-state index contributed by atoms with van der Waals surface area (Å²) >= 11 is 0. The summed E-state index contributed by atoms with van der Waals surface area (Å²) in [5.74, 6) is -1.09. The lowest BCUT2D eigenvalue weighted by Crippen LogP contribution is -2.37. The van der Waals surface area contributed by atoms with E-state index in [1.54, 1.807) is 12.1 Å².